The molecule has 1 heterocycles. The maximum Gasteiger partial charge on any atom is 0.339 e. The Hall–Kier alpha value is -3.75. The van der Waals surface area contributed by atoms with Crippen LogP contribution in [-0.4, -0.2) is 94.5 Å². The number of aliphatic hydroxyl groups is 4. The van der Waals surface area contributed by atoms with Gasteiger partial charge in [-0.2, -0.15) is 0 Å². The van der Waals surface area contributed by atoms with Crippen molar-refractivity contribution in [2.45, 2.75) is 37.4 Å². The molecule has 1 saturated heterocycles. The van der Waals surface area contributed by atoms with Crippen molar-refractivity contribution in [2.24, 2.45) is 0 Å². The van der Waals surface area contributed by atoms with Crippen LogP contribution in [0.25, 0.3) is 0 Å². The summed E-state index contributed by atoms with van der Waals surface area (Å²) in [5.74, 6) is -8.24. The normalized spacial score (nSPS) is 25.8. The third-order valence-electron chi connectivity index (χ3n) is 6.33. The van der Waals surface area contributed by atoms with E-state index in [0.717, 1.165) is 6.92 Å². The molecule has 2 aromatic carbocycles. The Kier molecular flexibility index (Phi) is 5.70. The topological polar surface area (TPSA) is 243 Å². The smallest absolute Gasteiger partial charge is 0.339 e. The SMILES string of the molecule is Cc1c(C(=O)O)c(O)cc2c1C(=O)c1c(O)c([C@H]3O[C@@H](CO)[C@@H](O)[C@H](O)[C@H]3O)c(O)c(O)c1C2=O. The Morgan fingerprint density at radius 3 is 2.06 bits per heavy atom. The van der Waals surface area contributed by atoms with E-state index in [0.29, 0.717) is 6.07 Å². The van der Waals surface area contributed by atoms with Crippen molar-refractivity contribution in [3.63, 3.8) is 0 Å². The molecule has 0 radical (unpaired) electrons. The molecule has 2 aliphatic rings. The lowest BCUT2D eigenvalue weighted by molar-refractivity contribution is -0.232. The van der Waals surface area contributed by atoms with Crippen LogP contribution < -0.4 is 0 Å². The van der Waals surface area contributed by atoms with Crippen molar-refractivity contribution in [3.8, 4) is 23.0 Å². The molecule has 1 fully saturated rings. The molecule has 4 rings (SSSR count). The summed E-state index contributed by atoms with van der Waals surface area (Å²) in [5, 5.41) is 91.5. The lowest BCUT2D eigenvalue weighted by Crippen LogP contribution is -2.55. The second kappa shape index (κ2) is 8.18. The number of aromatic carboxylic acids is 1. The number of carbonyl (C=O) groups is 3. The minimum Gasteiger partial charge on any atom is -0.507 e. The second-order valence-electron chi connectivity index (χ2n) is 8.24. The number of carboxylic acid groups (broad SMARTS) is 1. The molecule has 186 valence electrons. The quantitative estimate of drug-likeness (QED) is 0.154. The Morgan fingerprint density at radius 1 is 0.886 bits per heavy atom. The Balaban J connectivity index is 1.99. The van der Waals surface area contributed by atoms with Gasteiger partial charge in [-0.3, -0.25) is 9.59 Å². The first-order chi connectivity index (χ1) is 16.3. The van der Waals surface area contributed by atoms with E-state index in [1.54, 1.807) is 0 Å². The molecule has 9 N–H and O–H groups in total. The number of aliphatic hydroxyl groups excluding tert-OH is 4. The largest absolute Gasteiger partial charge is 0.507 e. The molecular weight excluding hydrogens is 472 g/mol. The van der Waals surface area contributed by atoms with E-state index in [4.69, 9.17) is 4.74 Å². The predicted octanol–water partition coefficient (Wildman–Crippen LogP) is -1.19. The number of phenolic OH excluding ortho intramolecular Hbond substituents is 3. The van der Waals surface area contributed by atoms with Crippen LogP contribution in [0.4, 0.5) is 0 Å². The van der Waals surface area contributed by atoms with Crippen LogP contribution in [0.15, 0.2) is 6.07 Å². The molecule has 0 bridgehead atoms. The number of hydrogen-bond donors (Lipinski definition) is 9. The van der Waals surface area contributed by atoms with Gasteiger partial charge in [0, 0.05) is 11.1 Å². The summed E-state index contributed by atoms with van der Waals surface area (Å²) < 4.78 is 5.30. The summed E-state index contributed by atoms with van der Waals surface area (Å²) in [6.45, 7) is 0.291. The minimum atomic E-state index is -2.03. The van der Waals surface area contributed by atoms with Crippen LogP contribution in [0.3, 0.4) is 0 Å². The van der Waals surface area contributed by atoms with E-state index >= 15 is 0 Å². The molecule has 13 nitrogen and oxygen atoms in total. The first-order valence-electron chi connectivity index (χ1n) is 10.2. The fourth-order valence-electron chi connectivity index (χ4n) is 4.58. The molecule has 1 aliphatic carbocycles. The molecular formula is C22H20O13. The second-order valence-corrected chi connectivity index (χ2v) is 8.24. The highest BCUT2D eigenvalue weighted by Crippen LogP contribution is 2.52. The van der Waals surface area contributed by atoms with Gasteiger partial charge in [0.2, 0.25) is 0 Å². The van der Waals surface area contributed by atoms with Crippen LogP contribution in [0.5, 0.6) is 23.0 Å². The maximum absolute atomic E-state index is 13.4. The first kappa shape index (κ1) is 24.4. The van der Waals surface area contributed by atoms with Gasteiger partial charge in [0.1, 0.15) is 47.6 Å². The number of phenols is 4. The summed E-state index contributed by atoms with van der Waals surface area (Å²) in [6.07, 6.45) is -9.12. The molecule has 35 heavy (non-hydrogen) atoms. The van der Waals surface area contributed by atoms with Crippen LogP contribution >= 0.6 is 0 Å². The van der Waals surface area contributed by atoms with Crippen LogP contribution in [-0.2, 0) is 4.74 Å². The van der Waals surface area contributed by atoms with E-state index in [-0.39, 0.29) is 5.56 Å². The summed E-state index contributed by atoms with van der Waals surface area (Å²) in [6, 6.07) is 0.716. The van der Waals surface area contributed by atoms with Gasteiger partial charge in [0.15, 0.2) is 23.1 Å². The highest BCUT2D eigenvalue weighted by molar-refractivity contribution is 6.31. The molecule has 13 heteroatoms. The minimum absolute atomic E-state index is 0.308. The Labute approximate surface area is 195 Å². The molecule has 0 spiro atoms. The third-order valence-corrected chi connectivity index (χ3v) is 6.33. The third kappa shape index (κ3) is 3.25. The number of hydrogen-bond acceptors (Lipinski definition) is 12. The van der Waals surface area contributed by atoms with Crippen molar-refractivity contribution in [1.29, 1.82) is 0 Å². The van der Waals surface area contributed by atoms with Crippen LogP contribution in [0, 0.1) is 6.92 Å². The van der Waals surface area contributed by atoms with Crippen LogP contribution in [0.2, 0.25) is 0 Å². The predicted molar refractivity (Wildman–Crippen MR) is 111 cm³/mol. The maximum atomic E-state index is 13.4. The van der Waals surface area contributed by atoms with Crippen LogP contribution in [0.1, 0.15) is 59.4 Å². The van der Waals surface area contributed by atoms with E-state index in [1.165, 1.54) is 0 Å². The fraction of sp³-hybridized carbons (Fsp3) is 0.318. The number of rotatable bonds is 3. The van der Waals surface area contributed by atoms with Crippen molar-refractivity contribution >= 4 is 17.5 Å². The lowest BCUT2D eigenvalue weighted by Gasteiger charge is -2.40. The molecule has 0 aromatic heterocycles. The van der Waals surface area contributed by atoms with Gasteiger partial charge < -0.3 is 50.7 Å². The number of ketones is 2. The molecule has 2 aromatic rings. The zero-order valence-electron chi connectivity index (χ0n) is 17.8. The fourth-order valence-corrected chi connectivity index (χ4v) is 4.58. The van der Waals surface area contributed by atoms with Crippen molar-refractivity contribution in [3.05, 3.63) is 45.0 Å². The number of fused-ring (bicyclic) bond motifs is 2. The number of benzene rings is 2. The van der Waals surface area contributed by atoms with Crippen molar-refractivity contribution in [1.82, 2.24) is 0 Å². The highest BCUT2D eigenvalue weighted by atomic mass is 16.5. The Bertz CT molecular complexity index is 1300. The van der Waals surface area contributed by atoms with Gasteiger partial charge in [0.25, 0.3) is 0 Å². The van der Waals surface area contributed by atoms with Gasteiger partial charge in [0.05, 0.1) is 23.3 Å². The number of carbonyl (C=O) groups excluding carboxylic acids is 2. The molecule has 0 saturated carbocycles. The lowest BCUT2D eigenvalue weighted by atomic mass is 9.77. The highest BCUT2D eigenvalue weighted by Gasteiger charge is 2.48. The average molecular weight is 492 g/mol. The van der Waals surface area contributed by atoms with Gasteiger partial charge in [-0.05, 0) is 18.6 Å². The zero-order valence-corrected chi connectivity index (χ0v) is 17.8. The summed E-state index contributed by atoms with van der Waals surface area (Å²) in [7, 11) is 0. The monoisotopic (exact) mass is 492 g/mol. The first-order valence-corrected chi connectivity index (χ1v) is 10.2. The van der Waals surface area contributed by atoms with E-state index < -0.39 is 111 Å². The van der Waals surface area contributed by atoms with Gasteiger partial charge in [-0.25, -0.2) is 4.79 Å². The Morgan fingerprint density at radius 2 is 1.49 bits per heavy atom. The van der Waals surface area contributed by atoms with Gasteiger partial charge in [-0.15, -0.1) is 0 Å². The molecule has 5 atom stereocenters. The number of ether oxygens (including phenoxy) is 1. The van der Waals surface area contributed by atoms with E-state index in [1.807, 2.05) is 0 Å². The standard InChI is InChI=1S/C22H20O13/c1-4-8-5(2-6(24)9(4)22(33)34)13(25)10-11(15(8)27)16(28)12(18(30)17(10)29)21-20(32)19(31)14(26)7(3-23)35-21/h2,7,14,19-21,23-24,26,28-32H,3H2,1H3,(H,33,34)/t7-,14+,19-,20+,21+/m0/s1. The van der Waals surface area contributed by atoms with Gasteiger partial charge >= 0.3 is 5.97 Å². The zero-order chi connectivity index (χ0) is 26.1. The summed E-state index contributed by atoms with van der Waals surface area (Å²) >= 11 is 0. The molecule has 0 amide bonds. The van der Waals surface area contributed by atoms with Crippen molar-refractivity contribution in [2.75, 3.05) is 6.61 Å². The molecule has 1 aliphatic heterocycles. The number of aromatic hydroxyl groups is 4. The van der Waals surface area contributed by atoms with Crippen molar-refractivity contribution < 1.29 is 65.1 Å². The summed E-state index contributed by atoms with van der Waals surface area (Å²) in [4.78, 5) is 38.1. The summed E-state index contributed by atoms with van der Waals surface area (Å²) in [5.41, 5.74) is -4.49. The average Bonchev–Trinajstić information content (AvgIpc) is 2.79. The van der Waals surface area contributed by atoms with E-state index in [9.17, 15) is 60.3 Å². The number of carboxylic acids is 1. The van der Waals surface area contributed by atoms with Gasteiger partial charge in [-0.1, -0.05) is 0 Å². The van der Waals surface area contributed by atoms with E-state index in [2.05, 4.69) is 0 Å². The molecule has 0 unspecified atom stereocenters.